The maximum absolute atomic E-state index is 12.6. The monoisotopic (exact) mass is 274 g/mol. The first-order valence-electron chi connectivity index (χ1n) is 7.09. The van der Waals surface area contributed by atoms with Gasteiger partial charge in [0.25, 0.3) is 5.91 Å². The fourth-order valence-electron chi connectivity index (χ4n) is 2.63. The maximum atomic E-state index is 12.6. The predicted octanol–water partition coefficient (Wildman–Crippen LogP) is 2.56. The fourth-order valence-corrected chi connectivity index (χ4v) is 2.63. The van der Waals surface area contributed by atoms with Crippen molar-refractivity contribution in [3.63, 3.8) is 0 Å². The van der Waals surface area contributed by atoms with E-state index in [1.165, 1.54) is 6.92 Å². The number of nitrogens with zero attached hydrogens (tertiary/aromatic N) is 1. The van der Waals surface area contributed by atoms with Crippen molar-refractivity contribution in [2.24, 2.45) is 5.92 Å². The Morgan fingerprint density at radius 1 is 1.40 bits per heavy atom. The summed E-state index contributed by atoms with van der Waals surface area (Å²) >= 11 is 0. The molecule has 1 aliphatic heterocycles. The van der Waals surface area contributed by atoms with E-state index in [4.69, 9.17) is 0 Å². The number of aryl methyl sites for hydroxylation is 1. The topological polar surface area (TPSA) is 49.4 Å². The Bertz CT molecular complexity index is 537. The predicted molar refractivity (Wildman–Crippen MR) is 79.5 cm³/mol. The molecule has 0 fully saturated rings. The molecular weight excluding hydrogens is 252 g/mol. The lowest BCUT2D eigenvalue weighted by molar-refractivity contribution is -0.126. The van der Waals surface area contributed by atoms with Gasteiger partial charge in [-0.2, -0.15) is 0 Å². The molecule has 4 heteroatoms. The van der Waals surface area contributed by atoms with Gasteiger partial charge in [0.1, 0.15) is 6.04 Å². The number of benzene rings is 1. The summed E-state index contributed by atoms with van der Waals surface area (Å²) in [6.45, 7) is 8.43. The number of fused-ring (bicyclic) bond motifs is 1. The first-order chi connectivity index (χ1) is 9.41. The minimum Gasteiger partial charge on any atom is -0.341 e. The van der Waals surface area contributed by atoms with Crippen LogP contribution in [0.3, 0.4) is 0 Å². The van der Waals surface area contributed by atoms with Crippen LogP contribution in [0.2, 0.25) is 0 Å². The lowest BCUT2D eigenvalue weighted by atomic mass is 10.0. The zero-order valence-electron chi connectivity index (χ0n) is 12.6. The standard InChI is InChI=1S/C16H22N2O2/c1-10(2)8-9-18-15-11(3)6-5-7-13(15)14(16(18)20)17-12(4)19/h5-7,10,14H,8-9H2,1-4H3,(H,17,19)/t14-/m0/s1. The SMILES string of the molecule is CC(=O)N[C@@H]1C(=O)N(CCC(C)C)c2c(C)cccc21. The molecule has 4 nitrogen and oxygen atoms in total. The van der Waals surface area contributed by atoms with Crippen molar-refractivity contribution in [1.29, 1.82) is 0 Å². The smallest absolute Gasteiger partial charge is 0.254 e. The normalized spacial score (nSPS) is 17.6. The number of anilines is 1. The highest BCUT2D eigenvalue weighted by molar-refractivity contribution is 6.06. The third-order valence-electron chi connectivity index (χ3n) is 3.64. The second-order valence-corrected chi connectivity index (χ2v) is 5.82. The van der Waals surface area contributed by atoms with E-state index in [0.717, 1.165) is 23.2 Å². The van der Waals surface area contributed by atoms with Gasteiger partial charge in [0.05, 0.1) is 5.69 Å². The Balaban J connectivity index is 2.36. The van der Waals surface area contributed by atoms with Gasteiger partial charge in [0.15, 0.2) is 0 Å². The highest BCUT2D eigenvalue weighted by Crippen LogP contribution is 2.38. The first kappa shape index (κ1) is 14.6. The third-order valence-corrected chi connectivity index (χ3v) is 3.64. The molecule has 1 aliphatic rings. The van der Waals surface area contributed by atoms with Crippen LogP contribution in [-0.4, -0.2) is 18.4 Å². The molecule has 0 bridgehead atoms. The highest BCUT2D eigenvalue weighted by Gasteiger charge is 2.38. The number of rotatable bonds is 4. The summed E-state index contributed by atoms with van der Waals surface area (Å²) in [4.78, 5) is 25.7. The molecule has 108 valence electrons. The van der Waals surface area contributed by atoms with Crippen molar-refractivity contribution < 1.29 is 9.59 Å². The number of hydrogen-bond acceptors (Lipinski definition) is 2. The highest BCUT2D eigenvalue weighted by atomic mass is 16.2. The Morgan fingerprint density at radius 3 is 2.70 bits per heavy atom. The Kier molecular flexibility index (Phi) is 4.12. The summed E-state index contributed by atoms with van der Waals surface area (Å²) < 4.78 is 0. The number of nitrogens with one attached hydrogen (secondary N) is 1. The van der Waals surface area contributed by atoms with Crippen LogP contribution in [0.4, 0.5) is 5.69 Å². The molecule has 2 amide bonds. The molecule has 1 N–H and O–H groups in total. The van der Waals surface area contributed by atoms with Crippen LogP contribution in [0, 0.1) is 12.8 Å². The van der Waals surface area contributed by atoms with Crippen LogP contribution in [0.25, 0.3) is 0 Å². The molecule has 0 saturated carbocycles. The summed E-state index contributed by atoms with van der Waals surface area (Å²) in [7, 11) is 0. The summed E-state index contributed by atoms with van der Waals surface area (Å²) in [6.07, 6.45) is 0.951. The van der Waals surface area contributed by atoms with Gasteiger partial charge in [-0.15, -0.1) is 0 Å². The van der Waals surface area contributed by atoms with E-state index in [1.807, 2.05) is 30.0 Å². The molecule has 0 saturated heterocycles. The van der Waals surface area contributed by atoms with Crippen LogP contribution in [0.15, 0.2) is 18.2 Å². The summed E-state index contributed by atoms with van der Waals surface area (Å²) in [5, 5.41) is 2.76. The van der Waals surface area contributed by atoms with Crippen molar-refractivity contribution in [1.82, 2.24) is 5.32 Å². The number of carbonyl (C=O) groups is 2. The molecule has 1 heterocycles. The molecule has 1 atom stereocenters. The average molecular weight is 274 g/mol. The number of hydrogen-bond donors (Lipinski definition) is 1. The molecule has 20 heavy (non-hydrogen) atoms. The van der Waals surface area contributed by atoms with Crippen molar-refractivity contribution in [3.8, 4) is 0 Å². The van der Waals surface area contributed by atoms with Crippen molar-refractivity contribution in [3.05, 3.63) is 29.3 Å². The number of amides is 2. The van der Waals surface area contributed by atoms with E-state index >= 15 is 0 Å². The summed E-state index contributed by atoms with van der Waals surface area (Å²) in [5.74, 6) is 0.335. The Labute approximate surface area is 120 Å². The largest absolute Gasteiger partial charge is 0.341 e. The lowest BCUT2D eigenvalue weighted by Crippen LogP contribution is -2.37. The zero-order chi connectivity index (χ0) is 14.9. The molecule has 0 aromatic heterocycles. The molecule has 2 rings (SSSR count). The van der Waals surface area contributed by atoms with Gasteiger partial charge in [-0.05, 0) is 24.8 Å². The molecule has 0 unspecified atom stereocenters. The molecule has 1 aromatic carbocycles. The summed E-state index contributed by atoms with van der Waals surface area (Å²) in [6, 6.07) is 5.33. The second-order valence-electron chi connectivity index (χ2n) is 5.82. The van der Waals surface area contributed by atoms with Gasteiger partial charge in [-0.3, -0.25) is 9.59 Å². The minimum atomic E-state index is -0.533. The van der Waals surface area contributed by atoms with E-state index in [1.54, 1.807) is 0 Å². The minimum absolute atomic E-state index is 0.0230. The van der Waals surface area contributed by atoms with Gasteiger partial charge in [-0.25, -0.2) is 0 Å². The molecule has 0 spiro atoms. The van der Waals surface area contributed by atoms with Gasteiger partial charge in [0, 0.05) is 19.0 Å². The van der Waals surface area contributed by atoms with Crippen molar-refractivity contribution >= 4 is 17.5 Å². The van der Waals surface area contributed by atoms with Crippen LogP contribution in [-0.2, 0) is 9.59 Å². The maximum Gasteiger partial charge on any atom is 0.254 e. The van der Waals surface area contributed by atoms with Crippen LogP contribution >= 0.6 is 0 Å². The van der Waals surface area contributed by atoms with E-state index < -0.39 is 6.04 Å². The van der Waals surface area contributed by atoms with Crippen LogP contribution in [0.5, 0.6) is 0 Å². The van der Waals surface area contributed by atoms with E-state index in [-0.39, 0.29) is 11.8 Å². The molecule has 1 aromatic rings. The molecular formula is C16H22N2O2. The zero-order valence-corrected chi connectivity index (χ0v) is 12.6. The Morgan fingerprint density at radius 2 is 2.10 bits per heavy atom. The summed E-state index contributed by atoms with van der Waals surface area (Å²) in [5.41, 5.74) is 2.96. The first-order valence-corrected chi connectivity index (χ1v) is 7.09. The van der Waals surface area contributed by atoms with Gasteiger partial charge in [-0.1, -0.05) is 32.0 Å². The average Bonchev–Trinajstić information content (AvgIpc) is 2.61. The van der Waals surface area contributed by atoms with Gasteiger partial charge < -0.3 is 10.2 Å². The van der Waals surface area contributed by atoms with Crippen LogP contribution in [0.1, 0.15) is 44.4 Å². The fraction of sp³-hybridized carbons (Fsp3) is 0.500. The van der Waals surface area contributed by atoms with Crippen molar-refractivity contribution in [2.45, 2.75) is 40.2 Å². The third kappa shape index (κ3) is 2.69. The second kappa shape index (κ2) is 5.65. The van der Waals surface area contributed by atoms with E-state index in [2.05, 4.69) is 19.2 Å². The van der Waals surface area contributed by atoms with Gasteiger partial charge in [0.2, 0.25) is 5.91 Å². The van der Waals surface area contributed by atoms with E-state index in [0.29, 0.717) is 12.5 Å². The van der Waals surface area contributed by atoms with Gasteiger partial charge >= 0.3 is 0 Å². The lowest BCUT2D eigenvalue weighted by Gasteiger charge is -2.20. The Hall–Kier alpha value is -1.84. The van der Waals surface area contributed by atoms with E-state index in [9.17, 15) is 9.59 Å². The number of carbonyl (C=O) groups excluding carboxylic acids is 2. The number of para-hydroxylation sites is 1. The molecule has 0 radical (unpaired) electrons. The quantitative estimate of drug-likeness (QED) is 0.917. The van der Waals surface area contributed by atoms with Crippen LogP contribution < -0.4 is 10.2 Å². The molecule has 0 aliphatic carbocycles. The van der Waals surface area contributed by atoms with Crippen molar-refractivity contribution in [2.75, 3.05) is 11.4 Å².